The molecule has 2 atom stereocenters. The Morgan fingerprint density at radius 3 is 2.38 bits per heavy atom. The van der Waals surface area contributed by atoms with Crippen molar-refractivity contribution < 1.29 is 33.8 Å². The van der Waals surface area contributed by atoms with E-state index in [1.807, 2.05) is 35.7 Å². The van der Waals surface area contributed by atoms with Crippen molar-refractivity contribution >= 4 is 53.1 Å². The number of amides is 3. The summed E-state index contributed by atoms with van der Waals surface area (Å²) < 4.78 is 10.2. The summed E-state index contributed by atoms with van der Waals surface area (Å²) in [5, 5.41) is 17.2. The van der Waals surface area contributed by atoms with Gasteiger partial charge in [-0.1, -0.05) is 19.4 Å². The molecule has 0 radical (unpaired) electrons. The van der Waals surface area contributed by atoms with E-state index in [0.29, 0.717) is 17.9 Å². The van der Waals surface area contributed by atoms with Crippen LogP contribution >= 0.6 is 23.5 Å². The Bertz CT molecular complexity index is 1020. The Hall–Kier alpha value is -2.60. The highest BCUT2D eigenvalue weighted by atomic mass is 32.2. The number of hydrogen-bond donors (Lipinski definition) is 4. The molecule has 0 spiro atoms. The van der Waals surface area contributed by atoms with Crippen molar-refractivity contribution in [3.05, 3.63) is 23.8 Å². The van der Waals surface area contributed by atoms with Crippen molar-refractivity contribution in [1.29, 1.82) is 0 Å². The van der Waals surface area contributed by atoms with E-state index in [0.717, 1.165) is 36.3 Å². The van der Waals surface area contributed by atoms with E-state index in [9.17, 15) is 24.3 Å². The maximum absolute atomic E-state index is 13.1. The number of hydrogen-bond acceptors (Lipinski definition) is 8. The molecule has 0 aromatic heterocycles. The van der Waals surface area contributed by atoms with E-state index in [-0.39, 0.29) is 10.6 Å². The summed E-state index contributed by atoms with van der Waals surface area (Å²) in [6.07, 6.45) is 2.39. The van der Waals surface area contributed by atoms with Crippen LogP contribution in [0.5, 0.6) is 5.75 Å². The lowest BCUT2D eigenvalue weighted by Crippen LogP contribution is -2.46. The van der Waals surface area contributed by atoms with Crippen molar-refractivity contribution in [2.75, 3.05) is 30.5 Å². The molecule has 39 heavy (non-hydrogen) atoms. The lowest BCUT2D eigenvalue weighted by atomic mass is 9.99. The van der Waals surface area contributed by atoms with Crippen molar-refractivity contribution in [2.24, 2.45) is 5.92 Å². The van der Waals surface area contributed by atoms with Gasteiger partial charge >= 0.3 is 12.1 Å². The number of nitrogens with one attached hydrogen (secondary N) is 3. The van der Waals surface area contributed by atoms with E-state index in [4.69, 9.17) is 9.47 Å². The number of benzene rings is 1. The molecule has 10 nitrogen and oxygen atoms in total. The van der Waals surface area contributed by atoms with Gasteiger partial charge in [-0.05, 0) is 64.5 Å². The second-order valence-electron chi connectivity index (χ2n) is 10.5. The van der Waals surface area contributed by atoms with Crippen LogP contribution in [0.4, 0.5) is 10.5 Å². The highest BCUT2D eigenvalue weighted by molar-refractivity contribution is 8.18. The van der Waals surface area contributed by atoms with Crippen LogP contribution in [-0.2, 0) is 23.2 Å². The third-order valence-electron chi connectivity index (χ3n) is 5.98. The number of carbonyl (C=O) groups is 4. The van der Waals surface area contributed by atoms with E-state index >= 15 is 0 Å². The third-order valence-corrected chi connectivity index (χ3v) is 9.46. The minimum atomic E-state index is -0.879. The summed E-state index contributed by atoms with van der Waals surface area (Å²) in [5.74, 6) is 0.309. The molecular formula is C27H41N3O7S2. The van der Waals surface area contributed by atoms with Crippen molar-refractivity contribution in [3.8, 4) is 5.75 Å². The molecule has 2 rings (SSSR count). The van der Waals surface area contributed by atoms with E-state index in [1.165, 1.54) is 0 Å². The number of carbonyl (C=O) groups excluding carboxylic acids is 3. The SMILES string of the molecule is COc1ccc(C2(CCC[C@@H](C)C(=O)O)SCCCS2)c(NC(=O)C(C)NC(=O)CNC(=O)OC(C)(C)C)c1. The summed E-state index contributed by atoms with van der Waals surface area (Å²) >= 11 is 3.62. The molecule has 1 aromatic carbocycles. The molecule has 0 saturated carbocycles. The standard InChI is InChI=1S/C27H41N3O7S2/c1-17(24(33)34)9-7-12-27(38-13-8-14-39-27)20-11-10-19(36-6)15-21(20)30-23(32)18(2)29-22(31)16-28-25(35)37-26(3,4)5/h10-11,15,17-18H,7-9,12-14,16H2,1-6H3,(H,28,35)(H,29,31)(H,30,32)(H,33,34)/t17-,18?/m1/s1. The topological polar surface area (TPSA) is 143 Å². The Kier molecular flexibility index (Phi) is 12.3. The Labute approximate surface area is 239 Å². The highest BCUT2D eigenvalue weighted by Crippen LogP contribution is 2.55. The molecule has 1 saturated heterocycles. The number of carboxylic acids is 1. The summed E-state index contributed by atoms with van der Waals surface area (Å²) in [4.78, 5) is 48.6. The lowest BCUT2D eigenvalue weighted by molar-refractivity contribution is -0.141. The number of rotatable bonds is 12. The van der Waals surface area contributed by atoms with E-state index < -0.39 is 41.4 Å². The number of alkyl carbamates (subject to hydrolysis) is 1. The maximum atomic E-state index is 13.1. The molecule has 1 unspecified atom stereocenters. The van der Waals surface area contributed by atoms with Gasteiger partial charge in [-0.3, -0.25) is 14.4 Å². The van der Waals surface area contributed by atoms with Crippen molar-refractivity contribution in [1.82, 2.24) is 10.6 Å². The second kappa shape index (κ2) is 14.7. The van der Waals surface area contributed by atoms with Crippen LogP contribution in [-0.4, -0.2) is 65.8 Å². The van der Waals surface area contributed by atoms with Crippen LogP contribution in [0.3, 0.4) is 0 Å². The predicted octanol–water partition coefficient (Wildman–Crippen LogP) is 4.58. The van der Waals surface area contributed by atoms with Gasteiger partial charge in [-0.2, -0.15) is 0 Å². The van der Waals surface area contributed by atoms with Gasteiger partial charge < -0.3 is 30.5 Å². The Balaban J connectivity index is 2.15. The lowest BCUT2D eigenvalue weighted by Gasteiger charge is -2.38. The summed E-state index contributed by atoms with van der Waals surface area (Å²) in [5.41, 5.74) is 0.822. The third kappa shape index (κ3) is 10.5. The molecule has 0 bridgehead atoms. The van der Waals surface area contributed by atoms with Crippen LogP contribution in [0.1, 0.15) is 65.9 Å². The van der Waals surface area contributed by atoms with Crippen LogP contribution in [0, 0.1) is 5.92 Å². The molecule has 12 heteroatoms. The van der Waals surface area contributed by atoms with Crippen LogP contribution in [0.15, 0.2) is 18.2 Å². The summed E-state index contributed by atoms with van der Waals surface area (Å²) in [7, 11) is 1.55. The molecule has 4 N–H and O–H groups in total. The largest absolute Gasteiger partial charge is 0.497 e. The number of ether oxygens (including phenoxy) is 2. The van der Waals surface area contributed by atoms with Gasteiger partial charge in [0.15, 0.2) is 0 Å². The van der Waals surface area contributed by atoms with Gasteiger partial charge in [0.25, 0.3) is 0 Å². The molecule has 1 aliphatic heterocycles. The molecule has 218 valence electrons. The number of aliphatic carboxylic acids is 1. The van der Waals surface area contributed by atoms with Gasteiger partial charge in [0.1, 0.15) is 23.9 Å². The van der Waals surface area contributed by atoms with Gasteiger partial charge in [-0.25, -0.2) is 4.79 Å². The quantitative estimate of drug-likeness (QED) is 0.278. The maximum Gasteiger partial charge on any atom is 0.408 e. The number of anilines is 1. The average Bonchev–Trinajstić information content (AvgIpc) is 2.86. The zero-order valence-electron chi connectivity index (χ0n) is 23.5. The smallest absolute Gasteiger partial charge is 0.408 e. The first kappa shape index (κ1) is 32.6. The fourth-order valence-corrected chi connectivity index (χ4v) is 7.42. The minimum absolute atomic E-state index is 0.331. The first-order valence-corrected chi connectivity index (χ1v) is 15.0. The summed E-state index contributed by atoms with van der Waals surface area (Å²) in [6, 6.07) is 4.70. The molecular weight excluding hydrogens is 542 g/mol. The first-order chi connectivity index (χ1) is 18.3. The monoisotopic (exact) mass is 583 g/mol. The molecule has 1 aromatic rings. The van der Waals surface area contributed by atoms with E-state index in [2.05, 4.69) is 16.0 Å². The fourth-order valence-electron chi connectivity index (χ4n) is 3.93. The number of thioether (sulfide) groups is 2. The Morgan fingerprint density at radius 2 is 1.79 bits per heavy atom. The number of carboxylic acid groups (broad SMARTS) is 1. The molecule has 1 aliphatic rings. The highest BCUT2D eigenvalue weighted by Gasteiger charge is 2.38. The van der Waals surface area contributed by atoms with Crippen LogP contribution < -0.4 is 20.7 Å². The Morgan fingerprint density at radius 1 is 1.13 bits per heavy atom. The first-order valence-electron chi connectivity index (χ1n) is 13.0. The van der Waals surface area contributed by atoms with Crippen LogP contribution in [0.2, 0.25) is 0 Å². The number of methoxy groups -OCH3 is 1. The summed E-state index contributed by atoms with van der Waals surface area (Å²) in [6.45, 7) is 8.11. The zero-order valence-corrected chi connectivity index (χ0v) is 25.2. The fraction of sp³-hybridized carbons (Fsp3) is 0.630. The molecule has 1 heterocycles. The molecule has 1 fully saturated rings. The van der Waals surface area contributed by atoms with Crippen molar-refractivity contribution in [3.63, 3.8) is 0 Å². The van der Waals surface area contributed by atoms with Crippen molar-refractivity contribution in [2.45, 2.75) is 76.0 Å². The van der Waals surface area contributed by atoms with E-state index in [1.54, 1.807) is 47.8 Å². The van der Waals surface area contributed by atoms with Gasteiger partial charge in [0.05, 0.1) is 17.1 Å². The van der Waals surface area contributed by atoms with Gasteiger partial charge in [0, 0.05) is 17.3 Å². The molecule has 0 aliphatic carbocycles. The van der Waals surface area contributed by atoms with Gasteiger partial charge in [-0.15, -0.1) is 23.5 Å². The predicted molar refractivity (Wildman–Crippen MR) is 155 cm³/mol. The minimum Gasteiger partial charge on any atom is -0.497 e. The average molecular weight is 584 g/mol. The zero-order chi connectivity index (χ0) is 29.2. The molecule has 3 amide bonds. The second-order valence-corrected chi connectivity index (χ2v) is 13.5. The van der Waals surface area contributed by atoms with Crippen LogP contribution in [0.25, 0.3) is 0 Å². The normalized spacial score (nSPS) is 16.4. The van der Waals surface area contributed by atoms with Gasteiger partial charge in [0.2, 0.25) is 11.8 Å².